The summed E-state index contributed by atoms with van der Waals surface area (Å²) in [5, 5.41) is 12.3. The first-order chi connectivity index (χ1) is 28.1. The van der Waals surface area contributed by atoms with Crippen molar-refractivity contribution in [3.05, 3.63) is 197 Å². The molecule has 0 aliphatic heterocycles. The van der Waals surface area contributed by atoms with Crippen molar-refractivity contribution in [3.63, 3.8) is 0 Å². The van der Waals surface area contributed by atoms with E-state index >= 15 is 0 Å². The molecule has 0 spiro atoms. The molecule has 0 amide bonds. The van der Waals surface area contributed by atoms with Crippen LogP contribution in [0.3, 0.4) is 0 Å². The van der Waals surface area contributed by atoms with E-state index in [0.29, 0.717) is 0 Å². The Hall–Kier alpha value is -6.64. The van der Waals surface area contributed by atoms with E-state index < -0.39 is 0 Å². The summed E-state index contributed by atoms with van der Waals surface area (Å²) in [6, 6.07) is 47.9. The Bertz CT molecular complexity index is 3150. The molecule has 0 saturated heterocycles. The number of rotatable bonds is 6. The fourth-order valence-corrected chi connectivity index (χ4v) is 9.65. The first-order valence-corrected chi connectivity index (χ1v) is 20.5. The molecule has 0 fully saturated rings. The second kappa shape index (κ2) is 13.5. The van der Waals surface area contributed by atoms with E-state index in [1.54, 1.807) is 5.57 Å². The van der Waals surface area contributed by atoms with Crippen molar-refractivity contribution in [2.24, 2.45) is 0 Å². The maximum absolute atomic E-state index is 6.83. The lowest BCUT2D eigenvalue weighted by Gasteiger charge is -2.28. The number of nitrogens with zero attached hydrogens (tertiary/aromatic N) is 1. The van der Waals surface area contributed by atoms with Crippen molar-refractivity contribution in [1.29, 1.82) is 0 Å². The van der Waals surface area contributed by atoms with Gasteiger partial charge in [0.25, 0.3) is 0 Å². The highest BCUT2D eigenvalue weighted by molar-refractivity contribution is 6.20. The first kappa shape index (κ1) is 33.7. The third-order valence-electron chi connectivity index (χ3n) is 12.5. The summed E-state index contributed by atoms with van der Waals surface area (Å²) < 4.78 is 6.83. The molecule has 0 radical (unpaired) electrons. The molecule has 8 aromatic carbocycles. The monoisotopic (exact) mass is 733 g/mol. The maximum atomic E-state index is 6.83. The molecule has 3 aliphatic carbocycles. The summed E-state index contributed by atoms with van der Waals surface area (Å²) >= 11 is 0. The van der Waals surface area contributed by atoms with Crippen molar-refractivity contribution < 1.29 is 4.74 Å². The van der Waals surface area contributed by atoms with Gasteiger partial charge in [-0.25, -0.2) is 0 Å². The van der Waals surface area contributed by atoms with Crippen molar-refractivity contribution in [2.45, 2.75) is 46.0 Å². The summed E-state index contributed by atoms with van der Waals surface area (Å²) in [6.45, 7) is 4.22. The Balaban J connectivity index is 1.12. The molecule has 2 heteroatoms. The molecule has 2 nitrogen and oxygen atoms in total. The van der Waals surface area contributed by atoms with Crippen LogP contribution in [0.15, 0.2) is 181 Å². The fourth-order valence-electron chi connectivity index (χ4n) is 9.65. The lowest BCUT2D eigenvalue weighted by Crippen LogP contribution is -2.11. The van der Waals surface area contributed by atoms with Crippen LogP contribution in [0.25, 0.3) is 59.4 Å². The zero-order chi connectivity index (χ0) is 38.0. The standard InChI is InChI=1S/C55H43NO/c1-3-54(38-13-5-4-6-14-38)57-55-35(2)20-27-48-50(55)29-24-37-21-25-41(33-51(37)48)56(42-26-22-40-32-39-15-8-10-17-44(39)52(40)34-42)53-19-11-18-45-47-28-23-36-12-7-9-16-43(36)46(47)30-31-49(45)53/h3,5,7,9-14,16-31,33-34H,4,6,8,15,32H2,1-2H3/b54-3-. The minimum Gasteiger partial charge on any atom is -0.456 e. The second-order valence-electron chi connectivity index (χ2n) is 15.8. The minimum absolute atomic E-state index is 0.903. The van der Waals surface area contributed by atoms with Crippen molar-refractivity contribution in [2.75, 3.05) is 4.90 Å². The lowest BCUT2D eigenvalue weighted by molar-refractivity contribution is 0.439. The predicted molar refractivity (Wildman–Crippen MR) is 243 cm³/mol. The third-order valence-corrected chi connectivity index (χ3v) is 12.5. The Kier molecular flexibility index (Phi) is 8.00. The van der Waals surface area contributed by atoms with Crippen LogP contribution in [0.4, 0.5) is 17.1 Å². The smallest absolute Gasteiger partial charge is 0.138 e. The van der Waals surface area contributed by atoms with Gasteiger partial charge in [-0.1, -0.05) is 127 Å². The van der Waals surface area contributed by atoms with Crippen molar-refractivity contribution >= 4 is 76.5 Å². The van der Waals surface area contributed by atoms with Gasteiger partial charge in [-0.15, -0.1) is 0 Å². The molecule has 0 unspecified atom stereocenters. The molecule has 8 aromatic rings. The normalized spacial score (nSPS) is 15.2. The summed E-state index contributed by atoms with van der Waals surface area (Å²) in [7, 11) is 0. The van der Waals surface area contributed by atoms with Crippen LogP contribution >= 0.6 is 0 Å². The van der Waals surface area contributed by atoms with E-state index in [1.165, 1.54) is 76.6 Å². The van der Waals surface area contributed by atoms with E-state index in [-0.39, 0.29) is 0 Å². The Morgan fingerprint density at radius 3 is 2.19 bits per heavy atom. The van der Waals surface area contributed by atoms with Crippen LogP contribution < -0.4 is 9.64 Å². The molecule has 0 heterocycles. The summed E-state index contributed by atoms with van der Waals surface area (Å²) in [5.41, 5.74) is 11.5. The summed E-state index contributed by atoms with van der Waals surface area (Å²) in [4.78, 5) is 2.49. The summed E-state index contributed by atoms with van der Waals surface area (Å²) in [5.74, 6) is 1.82. The quantitative estimate of drug-likeness (QED) is 0.125. The summed E-state index contributed by atoms with van der Waals surface area (Å²) in [6.07, 6.45) is 18.9. The molecule has 0 atom stereocenters. The van der Waals surface area contributed by atoms with Crippen LogP contribution in [-0.2, 0) is 6.42 Å². The van der Waals surface area contributed by atoms with E-state index in [2.05, 4.69) is 183 Å². The van der Waals surface area contributed by atoms with E-state index in [0.717, 1.165) is 65.8 Å². The number of hydrogen-bond acceptors (Lipinski definition) is 2. The molecule has 3 aliphatic rings. The largest absolute Gasteiger partial charge is 0.456 e. The lowest BCUT2D eigenvalue weighted by atomic mass is 9.95. The highest BCUT2D eigenvalue weighted by Gasteiger charge is 2.25. The average molecular weight is 734 g/mol. The van der Waals surface area contributed by atoms with Crippen LogP contribution in [0.1, 0.15) is 49.3 Å². The number of benzene rings is 8. The van der Waals surface area contributed by atoms with Crippen LogP contribution in [0.5, 0.6) is 5.75 Å². The van der Waals surface area contributed by atoms with Gasteiger partial charge in [-0.3, -0.25) is 0 Å². The molecule has 0 bridgehead atoms. The van der Waals surface area contributed by atoms with Gasteiger partial charge in [0.15, 0.2) is 0 Å². The SMILES string of the molecule is C/C=C(\Oc1c(C)ccc2c1ccc1ccc(N(c3ccc4c(c3)C3=C(CCC=C3)C4)c3cccc4c3ccc3c5ccccc5ccc43)cc12)C1=CCCC=C1. The maximum Gasteiger partial charge on any atom is 0.138 e. The molecule has 274 valence electrons. The molecule has 0 aromatic heterocycles. The molecule has 57 heavy (non-hydrogen) atoms. The van der Waals surface area contributed by atoms with Crippen LogP contribution in [-0.4, -0.2) is 0 Å². The van der Waals surface area contributed by atoms with Gasteiger partial charge < -0.3 is 9.64 Å². The number of allylic oxidation sites excluding steroid dienone is 8. The third kappa shape index (κ3) is 5.54. The highest BCUT2D eigenvalue weighted by atomic mass is 16.5. The van der Waals surface area contributed by atoms with Gasteiger partial charge in [-0.05, 0) is 154 Å². The van der Waals surface area contributed by atoms with Gasteiger partial charge in [0, 0.05) is 27.7 Å². The number of hydrogen-bond donors (Lipinski definition) is 0. The predicted octanol–water partition coefficient (Wildman–Crippen LogP) is 15.4. The number of aryl methyl sites for hydroxylation is 1. The molecular formula is C55H43NO. The van der Waals surface area contributed by atoms with Gasteiger partial charge in [0.05, 0.1) is 5.69 Å². The van der Waals surface area contributed by atoms with Gasteiger partial charge >= 0.3 is 0 Å². The van der Waals surface area contributed by atoms with Crippen molar-refractivity contribution in [1.82, 2.24) is 0 Å². The van der Waals surface area contributed by atoms with E-state index in [9.17, 15) is 0 Å². The molecular weight excluding hydrogens is 691 g/mol. The van der Waals surface area contributed by atoms with Crippen molar-refractivity contribution in [3.8, 4) is 5.75 Å². The van der Waals surface area contributed by atoms with Crippen LogP contribution in [0.2, 0.25) is 0 Å². The van der Waals surface area contributed by atoms with E-state index in [1.807, 2.05) is 0 Å². The van der Waals surface area contributed by atoms with E-state index in [4.69, 9.17) is 4.74 Å². The fraction of sp³-hybridized carbons (Fsp3) is 0.127. The Morgan fingerprint density at radius 2 is 1.30 bits per heavy atom. The molecule has 0 N–H and O–H groups in total. The highest BCUT2D eigenvalue weighted by Crippen LogP contribution is 2.47. The number of anilines is 3. The second-order valence-corrected chi connectivity index (χ2v) is 15.8. The average Bonchev–Trinajstić information content (AvgIpc) is 3.64. The number of fused-ring (bicyclic) bond motifs is 10. The molecule has 11 rings (SSSR count). The topological polar surface area (TPSA) is 12.5 Å². The van der Waals surface area contributed by atoms with Gasteiger partial charge in [-0.2, -0.15) is 0 Å². The zero-order valence-corrected chi connectivity index (χ0v) is 32.5. The zero-order valence-electron chi connectivity index (χ0n) is 32.5. The Morgan fingerprint density at radius 1 is 0.596 bits per heavy atom. The molecule has 0 saturated carbocycles. The minimum atomic E-state index is 0.903. The Labute approximate surface area is 334 Å². The number of ether oxygens (including phenoxy) is 1. The van der Waals surface area contributed by atoms with Gasteiger partial charge in [0.1, 0.15) is 11.5 Å². The first-order valence-electron chi connectivity index (χ1n) is 20.5. The van der Waals surface area contributed by atoms with Gasteiger partial charge in [0.2, 0.25) is 0 Å². The van der Waals surface area contributed by atoms with Crippen LogP contribution in [0, 0.1) is 6.92 Å².